The number of furan rings is 1. The molecule has 1 amide bonds. The molecule has 8 heteroatoms. The van der Waals surface area contributed by atoms with Gasteiger partial charge in [0, 0.05) is 11.1 Å². The van der Waals surface area contributed by atoms with E-state index in [0.717, 1.165) is 28.6 Å². The Labute approximate surface area is 192 Å². The number of nitrogens with one attached hydrogen (secondary N) is 1. The van der Waals surface area contributed by atoms with E-state index >= 15 is 0 Å². The molecule has 0 saturated heterocycles. The fourth-order valence-corrected chi connectivity index (χ4v) is 3.71. The lowest BCUT2D eigenvalue weighted by molar-refractivity contribution is -0.137. The van der Waals surface area contributed by atoms with Gasteiger partial charge in [0.1, 0.15) is 5.69 Å². The number of halogens is 3. The van der Waals surface area contributed by atoms with Crippen LogP contribution in [-0.2, 0) is 12.7 Å². The number of nitrogens with zero attached hydrogens (tertiary/aromatic N) is 2. The normalized spacial score (nSPS) is 11.6. The van der Waals surface area contributed by atoms with E-state index in [1.807, 2.05) is 59.3 Å². The predicted octanol–water partition coefficient (Wildman–Crippen LogP) is 6.62. The monoisotopic (exact) mass is 461 g/mol. The summed E-state index contributed by atoms with van der Waals surface area (Å²) in [6.45, 7) is 0.573. The van der Waals surface area contributed by atoms with E-state index in [1.54, 1.807) is 6.07 Å². The highest BCUT2D eigenvalue weighted by molar-refractivity contribution is 6.03. The Morgan fingerprint density at radius 3 is 2.32 bits per heavy atom. The predicted molar refractivity (Wildman–Crippen MR) is 122 cm³/mol. The van der Waals surface area contributed by atoms with E-state index in [1.165, 1.54) is 18.2 Å². The first-order chi connectivity index (χ1) is 16.4. The van der Waals surface area contributed by atoms with Crippen LogP contribution in [0.3, 0.4) is 0 Å². The number of para-hydroxylation sites is 1. The number of hydrogen-bond acceptors (Lipinski definition) is 3. The van der Waals surface area contributed by atoms with E-state index in [2.05, 4.69) is 5.32 Å². The Bertz CT molecular complexity index is 1450. The maximum Gasteiger partial charge on any atom is 0.416 e. The van der Waals surface area contributed by atoms with Crippen molar-refractivity contribution < 1.29 is 22.4 Å². The number of anilines is 1. The van der Waals surface area contributed by atoms with E-state index in [4.69, 9.17) is 9.52 Å². The molecule has 0 atom stereocenters. The van der Waals surface area contributed by atoms with Gasteiger partial charge in [0.15, 0.2) is 11.5 Å². The van der Waals surface area contributed by atoms with Crippen molar-refractivity contribution in [3.05, 3.63) is 108 Å². The molecule has 1 N–H and O–H groups in total. The van der Waals surface area contributed by atoms with Gasteiger partial charge < -0.3 is 9.73 Å². The van der Waals surface area contributed by atoms with Gasteiger partial charge >= 0.3 is 6.18 Å². The number of rotatable bonds is 5. The van der Waals surface area contributed by atoms with Crippen LogP contribution in [0.2, 0.25) is 0 Å². The van der Waals surface area contributed by atoms with Crippen LogP contribution in [-0.4, -0.2) is 15.7 Å². The van der Waals surface area contributed by atoms with Gasteiger partial charge in [-0.25, -0.2) is 0 Å². The topological polar surface area (TPSA) is 60.1 Å². The Kier molecular flexibility index (Phi) is 5.41. The van der Waals surface area contributed by atoms with Gasteiger partial charge in [-0.2, -0.15) is 18.3 Å². The molecule has 2 heterocycles. The highest BCUT2D eigenvalue weighted by Crippen LogP contribution is 2.31. The fourth-order valence-electron chi connectivity index (χ4n) is 3.71. The molecule has 0 aliphatic heterocycles. The molecule has 0 bridgehead atoms. The second-order valence-corrected chi connectivity index (χ2v) is 7.70. The van der Waals surface area contributed by atoms with Crippen LogP contribution in [0.4, 0.5) is 18.9 Å². The zero-order chi connectivity index (χ0) is 23.7. The summed E-state index contributed by atoms with van der Waals surface area (Å²) in [4.78, 5) is 12.6. The van der Waals surface area contributed by atoms with Gasteiger partial charge in [0.25, 0.3) is 5.91 Å². The molecule has 0 spiro atoms. The van der Waals surface area contributed by atoms with Crippen molar-refractivity contribution in [3.8, 4) is 11.5 Å². The average Bonchev–Trinajstić information content (AvgIpc) is 3.45. The maximum atomic E-state index is 12.7. The number of amides is 1. The van der Waals surface area contributed by atoms with Crippen LogP contribution in [0.25, 0.3) is 22.4 Å². The number of benzene rings is 3. The molecule has 170 valence electrons. The molecule has 5 aromatic rings. The molecular formula is C26H18F3N3O2. The van der Waals surface area contributed by atoms with Crippen molar-refractivity contribution in [2.45, 2.75) is 12.7 Å². The highest BCUT2D eigenvalue weighted by atomic mass is 19.4. The molecule has 5 nitrogen and oxygen atoms in total. The number of fused-ring (bicyclic) bond motifs is 1. The second-order valence-electron chi connectivity index (χ2n) is 7.70. The van der Waals surface area contributed by atoms with Gasteiger partial charge in [0.05, 0.1) is 17.6 Å². The van der Waals surface area contributed by atoms with Crippen LogP contribution in [0.1, 0.15) is 21.7 Å². The minimum atomic E-state index is -4.44. The quantitative estimate of drug-likeness (QED) is 0.320. The number of aromatic nitrogens is 2. The van der Waals surface area contributed by atoms with Crippen molar-refractivity contribution >= 4 is 22.5 Å². The number of carbonyl (C=O) groups is 1. The van der Waals surface area contributed by atoms with E-state index in [0.29, 0.717) is 18.0 Å². The zero-order valence-electron chi connectivity index (χ0n) is 17.7. The van der Waals surface area contributed by atoms with E-state index < -0.39 is 17.6 Å². The summed E-state index contributed by atoms with van der Waals surface area (Å²) in [5.74, 6) is -0.129. The molecule has 0 aliphatic carbocycles. The van der Waals surface area contributed by atoms with Gasteiger partial charge in [-0.05, 0) is 48.0 Å². The standard InChI is InChI=1S/C26H18F3N3O2/c27-26(28,29)18-10-12-19(13-11-18)30-25(33)23-15-14-22(34-23)24-20-8-4-5-9-21(20)32(31-24)16-17-6-2-1-3-7-17/h1-15H,16H2,(H,30,33). The summed E-state index contributed by atoms with van der Waals surface area (Å²) < 4.78 is 45.9. The lowest BCUT2D eigenvalue weighted by Gasteiger charge is -2.08. The summed E-state index contributed by atoms with van der Waals surface area (Å²) in [7, 11) is 0. The Balaban J connectivity index is 1.40. The van der Waals surface area contributed by atoms with Crippen LogP contribution in [0.15, 0.2) is 95.4 Å². The first kappa shape index (κ1) is 21.5. The minimum absolute atomic E-state index is 0.0246. The van der Waals surface area contributed by atoms with Crippen molar-refractivity contribution in [2.24, 2.45) is 0 Å². The summed E-state index contributed by atoms with van der Waals surface area (Å²) in [5, 5.41) is 8.16. The fraction of sp³-hybridized carbons (Fsp3) is 0.0769. The molecular weight excluding hydrogens is 443 g/mol. The first-order valence-electron chi connectivity index (χ1n) is 10.5. The van der Waals surface area contributed by atoms with Crippen molar-refractivity contribution in [3.63, 3.8) is 0 Å². The Hall–Kier alpha value is -4.33. The number of hydrogen-bond donors (Lipinski definition) is 1. The lowest BCUT2D eigenvalue weighted by Crippen LogP contribution is -2.11. The summed E-state index contributed by atoms with van der Waals surface area (Å²) in [5.41, 5.74) is 2.06. The minimum Gasteiger partial charge on any atom is -0.449 e. The Morgan fingerprint density at radius 2 is 1.59 bits per heavy atom. The molecule has 0 unspecified atom stereocenters. The largest absolute Gasteiger partial charge is 0.449 e. The first-order valence-corrected chi connectivity index (χ1v) is 10.5. The molecule has 0 aliphatic rings. The number of alkyl halides is 3. The SMILES string of the molecule is O=C(Nc1ccc(C(F)(F)F)cc1)c1ccc(-c2nn(Cc3ccccc3)c3ccccc23)o1. The third kappa shape index (κ3) is 4.30. The van der Waals surface area contributed by atoms with Gasteiger partial charge in [0.2, 0.25) is 0 Å². The third-order valence-corrected chi connectivity index (χ3v) is 5.37. The van der Waals surface area contributed by atoms with E-state index in [-0.39, 0.29) is 11.4 Å². The van der Waals surface area contributed by atoms with Crippen molar-refractivity contribution in [1.29, 1.82) is 0 Å². The van der Waals surface area contributed by atoms with Crippen molar-refractivity contribution in [1.82, 2.24) is 9.78 Å². The zero-order valence-corrected chi connectivity index (χ0v) is 17.7. The van der Waals surface area contributed by atoms with E-state index in [9.17, 15) is 18.0 Å². The Morgan fingerprint density at radius 1 is 0.882 bits per heavy atom. The molecule has 2 aromatic heterocycles. The number of carbonyl (C=O) groups excluding carboxylic acids is 1. The average molecular weight is 461 g/mol. The van der Waals surface area contributed by atoms with Crippen LogP contribution in [0.5, 0.6) is 0 Å². The third-order valence-electron chi connectivity index (χ3n) is 5.37. The van der Waals surface area contributed by atoms with Gasteiger partial charge in [-0.3, -0.25) is 9.48 Å². The van der Waals surface area contributed by atoms with Crippen LogP contribution in [0, 0.1) is 0 Å². The molecule has 3 aromatic carbocycles. The summed E-state index contributed by atoms with van der Waals surface area (Å²) in [6, 6.07) is 25.1. The molecule has 5 rings (SSSR count). The molecule has 0 saturated carbocycles. The molecule has 0 fully saturated rings. The second kappa shape index (κ2) is 8.55. The summed E-state index contributed by atoms with van der Waals surface area (Å²) >= 11 is 0. The van der Waals surface area contributed by atoms with Gasteiger partial charge in [-0.1, -0.05) is 48.5 Å². The van der Waals surface area contributed by atoms with Crippen molar-refractivity contribution in [2.75, 3.05) is 5.32 Å². The van der Waals surface area contributed by atoms with Crippen LogP contribution < -0.4 is 5.32 Å². The van der Waals surface area contributed by atoms with Gasteiger partial charge in [-0.15, -0.1) is 0 Å². The molecule has 34 heavy (non-hydrogen) atoms. The smallest absolute Gasteiger partial charge is 0.416 e. The van der Waals surface area contributed by atoms with Crippen LogP contribution >= 0.6 is 0 Å². The summed E-state index contributed by atoms with van der Waals surface area (Å²) in [6.07, 6.45) is -4.44. The maximum absolute atomic E-state index is 12.7. The molecule has 0 radical (unpaired) electrons. The lowest BCUT2D eigenvalue weighted by atomic mass is 10.2. The highest BCUT2D eigenvalue weighted by Gasteiger charge is 2.30.